The minimum absolute atomic E-state index is 0.108. The van der Waals surface area contributed by atoms with Crippen molar-refractivity contribution >= 4 is 5.91 Å². The molecule has 0 radical (unpaired) electrons. The Balaban J connectivity index is 2.52. The van der Waals surface area contributed by atoms with E-state index in [0.29, 0.717) is 17.3 Å². The van der Waals surface area contributed by atoms with Crippen LogP contribution in [-0.4, -0.2) is 35.1 Å². The Labute approximate surface area is 118 Å². The Bertz CT molecular complexity index is 298. The molecule has 1 N–H and O–H groups in total. The first-order chi connectivity index (χ1) is 8.64. The summed E-state index contributed by atoms with van der Waals surface area (Å²) in [5.74, 6) is 1.22. The predicted octanol–water partition coefficient (Wildman–Crippen LogP) is 2.92. The summed E-state index contributed by atoms with van der Waals surface area (Å²) < 4.78 is 0. The second-order valence-electron chi connectivity index (χ2n) is 7.35. The van der Waals surface area contributed by atoms with Crippen LogP contribution in [0.5, 0.6) is 0 Å². The highest BCUT2D eigenvalue weighted by Gasteiger charge is 2.33. The van der Waals surface area contributed by atoms with E-state index in [-0.39, 0.29) is 11.8 Å². The summed E-state index contributed by atoms with van der Waals surface area (Å²) in [6.07, 6.45) is 1.63. The highest BCUT2D eigenvalue weighted by atomic mass is 16.3. The summed E-state index contributed by atoms with van der Waals surface area (Å²) in [6.45, 7) is 14.4. The third kappa shape index (κ3) is 4.20. The normalized spacial score (nSPS) is 23.0. The van der Waals surface area contributed by atoms with Gasteiger partial charge < -0.3 is 10.0 Å². The molecule has 1 amide bonds. The summed E-state index contributed by atoms with van der Waals surface area (Å²) in [5.41, 5.74) is 0.337. The average Bonchev–Trinajstić information content (AvgIpc) is 2.35. The zero-order valence-electron chi connectivity index (χ0n) is 13.4. The number of carbonyl (C=O) groups is 1. The zero-order chi connectivity index (χ0) is 14.8. The maximum Gasteiger partial charge on any atom is 0.227 e. The van der Waals surface area contributed by atoms with Gasteiger partial charge in [-0.3, -0.25) is 4.79 Å². The van der Waals surface area contributed by atoms with E-state index in [1.165, 1.54) is 0 Å². The molecule has 112 valence electrons. The molecule has 1 saturated heterocycles. The quantitative estimate of drug-likeness (QED) is 0.856. The number of hydrogen-bond acceptors (Lipinski definition) is 2. The molecule has 1 rings (SSSR count). The van der Waals surface area contributed by atoms with Crippen LogP contribution in [-0.2, 0) is 4.79 Å². The number of carbonyl (C=O) groups excluding carboxylic acids is 1. The lowest BCUT2D eigenvalue weighted by molar-refractivity contribution is -0.140. The Kier molecular flexibility index (Phi) is 5.43. The van der Waals surface area contributed by atoms with Crippen molar-refractivity contribution in [2.75, 3.05) is 13.1 Å². The van der Waals surface area contributed by atoms with Crippen LogP contribution in [0.25, 0.3) is 0 Å². The molecule has 0 aromatic heterocycles. The van der Waals surface area contributed by atoms with Crippen LogP contribution in [0, 0.1) is 23.2 Å². The molecule has 0 aliphatic carbocycles. The molecule has 0 aromatic carbocycles. The first kappa shape index (κ1) is 16.5. The van der Waals surface area contributed by atoms with Gasteiger partial charge in [0, 0.05) is 13.1 Å². The molecule has 0 saturated carbocycles. The van der Waals surface area contributed by atoms with Crippen molar-refractivity contribution in [2.45, 2.75) is 60.5 Å². The van der Waals surface area contributed by atoms with Crippen LogP contribution in [0.4, 0.5) is 0 Å². The summed E-state index contributed by atoms with van der Waals surface area (Å²) in [7, 11) is 0. The van der Waals surface area contributed by atoms with Crippen LogP contribution in [0.2, 0.25) is 0 Å². The van der Waals surface area contributed by atoms with Gasteiger partial charge in [-0.05, 0) is 37.0 Å². The van der Waals surface area contributed by atoms with E-state index in [2.05, 4.69) is 27.7 Å². The summed E-state index contributed by atoms with van der Waals surface area (Å²) >= 11 is 0. The first-order valence-corrected chi connectivity index (χ1v) is 7.61. The molecule has 0 bridgehead atoms. The molecule has 0 aromatic rings. The van der Waals surface area contributed by atoms with Crippen LogP contribution < -0.4 is 0 Å². The van der Waals surface area contributed by atoms with Gasteiger partial charge >= 0.3 is 0 Å². The third-order valence-electron chi connectivity index (χ3n) is 5.04. The number of aliphatic hydroxyl groups excluding tert-OH is 1. The lowest BCUT2D eigenvalue weighted by Crippen LogP contribution is -2.45. The van der Waals surface area contributed by atoms with E-state index in [4.69, 9.17) is 0 Å². The Hall–Kier alpha value is -0.570. The first-order valence-electron chi connectivity index (χ1n) is 7.61. The van der Waals surface area contributed by atoms with Gasteiger partial charge in [0.1, 0.15) is 0 Å². The van der Waals surface area contributed by atoms with E-state index in [0.717, 1.165) is 25.9 Å². The monoisotopic (exact) mass is 269 g/mol. The highest BCUT2D eigenvalue weighted by Crippen LogP contribution is 2.37. The molecule has 0 spiro atoms. The fourth-order valence-corrected chi connectivity index (χ4v) is 2.82. The van der Waals surface area contributed by atoms with Gasteiger partial charge in [-0.1, -0.05) is 34.6 Å². The summed E-state index contributed by atoms with van der Waals surface area (Å²) in [4.78, 5) is 14.1. The Morgan fingerprint density at radius 1 is 1.16 bits per heavy atom. The lowest BCUT2D eigenvalue weighted by atomic mass is 9.71. The number of aliphatic hydroxyl groups is 1. The van der Waals surface area contributed by atoms with E-state index in [1.54, 1.807) is 6.92 Å². The van der Waals surface area contributed by atoms with Crippen molar-refractivity contribution in [3.63, 3.8) is 0 Å². The number of hydrogen-bond donors (Lipinski definition) is 1. The molecule has 19 heavy (non-hydrogen) atoms. The van der Waals surface area contributed by atoms with Crippen LogP contribution >= 0.6 is 0 Å². The smallest absolute Gasteiger partial charge is 0.227 e. The second-order valence-corrected chi connectivity index (χ2v) is 7.35. The van der Waals surface area contributed by atoms with E-state index in [1.807, 2.05) is 11.8 Å². The summed E-state index contributed by atoms with van der Waals surface area (Å²) in [6, 6.07) is 0. The van der Waals surface area contributed by atoms with E-state index >= 15 is 0 Å². The van der Waals surface area contributed by atoms with Crippen molar-refractivity contribution in [1.82, 2.24) is 4.90 Å². The molecule has 1 aliphatic rings. The van der Waals surface area contributed by atoms with Gasteiger partial charge in [0.25, 0.3) is 0 Å². The number of likely N-dealkylation sites (tertiary alicyclic amines) is 1. The molecule has 3 atom stereocenters. The molecule has 1 aliphatic heterocycles. The molecular formula is C16H31NO2. The SMILES string of the molecule is C[C@H](C(=O)N1CCC([C@@H](C)C(C)(C)C)CC1)[C@@H](C)O. The third-order valence-corrected chi connectivity index (χ3v) is 5.04. The van der Waals surface area contributed by atoms with Crippen molar-refractivity contribution in [3.05, 3.63) is 0 Å². The largest absolute Gasteiger partial charge is 0.393 e. The number of amides is 1. The minimum atomic E-state index is -0.557. The van der Waals surface area contributed by atoms with Gasteiger partial charge in [0.05, 0.1) is 12.0 Å². The molecule has 3 nitrogen and oxygen atoms in total. The van der Waals surface area contributed by atoms with Gasteiger partial charge in [-0.2, -0.15) is 0 Å². The fourth-order valence-electron chi connectivity index (χ4n) is 2.82. The number of nitrogens with zero attached hydrogens (tertiary/aromatic N) is 1. The van der Waals surface area contributed by atoms with Gasteiger partial charge in [-0.15, -0.1) is 0 Å². The van der Waals surface area contributed by atoms with E-state index < -0.39 is 6.10 Å². The van der Waals surface area contributed by atoms with Crippen molar-refractivity contribution in [3.8, 4) is 0 Å². The second kappa shape index (κ2) is 6.25. The van der Waals surface area contributed by atoms with Gasteiger partial charge in [0.2, 0.25) is 5.91 Å². The Morgan fingerprint density at radius 2 is 1.63 bits per heavy atom. The van der Waals surface area contributed by atoms with Gasteiger partial charge in [0.15, 0.2) is 0 Å². The van der Waals surface area contributed by atoms with Crippen molar-refractivity contribution in [1.29, 1.82) is 0 Å². The molecular weight excluding hydrogens is 238 g/mol. The molecule has 3 heteroatoms. The fraction of sp³-hybridized carbons (Fsp3) is 0.938. The van der Waals surface area contributed by atoms with Gasteiger partial charge in [-0.25, -0.2) is 0 Å². The maximum absolute atomic E-state index is 12.2. The Morgan fingerprint density at radius 3 is 2.00 bits per heavy atom. The molecule has 1 fully saturated rings. The van der Waals surface area contributed by atoms with E-state index in [9.17, 15) is 9.90 Å². The minimum Gasteiger partial charge on any atom is -0.393 e. The topological polar surface area (TPSA) is 40.5 Å². The predicted molar refractivity (Wildman–Crippen MR) is 78.8 cm³/mol. The van der Waals surface area contributed by atoms with Crippen LogP contribution in [0.15, 0.2) is 0 Å². The standard InChI is InChI=1S/C16H31NO2/c1-11(13(3)18)15(19)17-9-7-14(8-10-17)12(2)16(4,5)6/h11-14,18H,7-10H2,1-6H3/t11-,12+,13+/m0/s1. The van der Waals surface area contributed by atoms with Crippen LogP contribution in [0.3, 0.4) is 0 Å². The average molecular weight is 269 g/mol. The molecule has 0 unspecified atom stereocenters. The maximum atomic E-state index is 12.2. The van der Waals surface area contributed by atoms with Crippen LogP contribution in [0.1, 0.15) is 54.4 Å². The lowest BCUT2D eigenvalue weighted by Gasteiger charge is -2.40. The number of rotatable bonds is 3. The zero-order valence-corrected chi connectivity index (χ0v) is 13.4. The highest BCUT2D eigenvalue weighted by molar-refractivity contribution is 5.79. The van der Waals surface area contributed by atoms with Crippen molar-refractivity contribution < 1.29 is 9.90 Å². The number of piperidine rings is 1. The van der Waals surface area contributed by atoms with Crippen molar-refractivity contribution in [2.24, 2.45) is 23.2 Å². The summed E-state index contributed by atoms with van der Waals surface area (Å²) in [5, 5.41) is 9.52. The molecule has 1 heterocycles.